The van der Waals surface area contributed by atoms with Gasteiger partial charge >= 0.3 is 5.97 Å². The topological polar surface area (TPSA) is 83.5 Å². The zero-order chi connectivity index (χ0) is 14.8. The van der Waals surface area contributed by atoms with Crippen LogP contribution in [0.15, 0.2) is 35.2 Å². The molecule has 0 unspecified atom stereocenters. The standard InChI is InChI=1S/C14H17NO4S/c1-14(8-3-9-14)15-20(18,19)12-5-2-4-11(10-12)6-7-13(16)17/h2,4-7,10,15H,3,8-9H2,1H3,(H,16,17)/b7-6+. The molecule has 1 aliphatic carbocycles. The molecule has 2 N–H and O–H groups in total. The summed E-state index contributed by atoms with van der Waals surface area (Å²) in [6.07, 6.45) is 5.05. The predicted octanol–water partition coefficient (Wildman–Crippen LogP) is 2.01. The molecule has 108 valence electrons. The molecule has 5 nitrogen and oxygen atoms in total. The molecule has 1 saturated carbocycles. The number of rotatable bonds is 5. The molecule has 2 rings (SSSR count). The lowest BCUT2D eigenvalue weighted by atomic mass is 9.80. The molecule has 0 atom stereocenters. The zero-order valence-electron chi connectivity index (χ0n) is 11.2. The van der Waals surface area contributed by atoms with Crippen LogP contribution in [0.5, 0.6) is 0 Å². The third-order valence-corrected chi connectivity index (χ3v) is 5.06. The van der Waals surface area contributed by atoms with Crippen molar-refractivity contribution in [1.29, 1.82) is 0 Å². The highest BCUT2D eigenvalue weighted by Crippen LogP contribution is 2.32. The first-order valence-corrected chi connectivity index (χ1v) is 7.84. The molecule has 1 fully saturated rings. The van der Waals surface area contributed by atoms with Crippen molar-refractivity contribution in [3.8, 4) is 0 Å². The highest BCUT2D eigenvalue weighted by molar-refractivity contribution is 7.89. The molecular formula is C14H17NO4S. The minimum absolute atomic E-state index is 0.151. The molecule has 0 aliphatic heterocycles. The first kappa shape index (κ1) is 14.7. The van der Waals surface area contributed by atoms with Crippen molar-refractivity contribution >= 4 is 22.1 Å². The van der Waals surface area contributed by atoms with Gasteiger partial charge in [0.2, 0.25) is 10.0 Å². The molecular weight excluding hydrogens is 278 g/mol. The van der Waals surface area contributed by atoms with Crippen LogP contribution in [0.1, 0.15) is 31.7 Å². The number of nitrogens with one attached hydrogen (secondary N) is 1. The summed E-state index contributed by atoms with van der Waals surface area (Å²) in [5, 5.41) is 8.58. The minimum atomic E-state index is -3.57. The monoisotopic (exact) mass is 295 g/mol. The molecule has 1 aliphatic rings. The predicted molar refractivity (Wildman–Crippen MR) is 75.7 cm³/mol. The van der Waals surface area contributed by atoms with Gasteiger partial charge < -0.3 is 5.11 Å². The fraction of sp³-hybridized carbons (Fsp3) is 0.357. The van der Waals surface area contributed by atoms with Crippen LogP contribution in [0.4, 0.5) is 0 Å². The van der Waals surface area contributed by atoms with E-state index in [1.165, 1.54) is 18.2 Å². The average Bonchev–Trinajstić information content (AvgIpc) is 2.34. The molecule has 0 aromatic heterocycles. The molecule has 1 aromatic carbocycles. The fourth-order valence-electron chi connectivity index (χ4n) is 2.15. The van der Waals surface area contributed by atoms with Crippen molar-refractivity contribution < 1.29 is 18.3 Å². The zero-order valence-corrected chi connectivity index (χ0v) is 12.0. The van der Waals surface area contributed by atoms with Gasteiger partial charge in [-0.2, -0.15) is 0 Å². The van der Waals surface area contributed by atoms with E-state index in [9.17, 15) is 13.2 Å². The van der Waals surface area contributed by atoms with Gasteiger partial charge in [-0.1, -0.05) is 12.1 Å². The number of hydrogen-bond acceptors (Lipinski definition) is 3. The van der Waals surface area contributed by atoms with Crippen molar-refractivity contribution in [1.82, 2.24) is 4.72 Å². The summed E-state index contributed by atoms with van der Waals surface area (Å²) in [6.45, 7) is 1.89. The number of aliphatic carboxylic acids is 1. The lowest BCUT2D eigenvalue weighted by Gasteiger charge is -2.38. The Labute approximate surface area is 118 Å². The van der Waals surface area contributed by atoms with Gasteiger partial charge in [0.05, 0.1) is 4.90 Å². The summed E-state index contributed by atoms with van der Waals surface area (Å²) < 4.78 is 27.3. The summed E-state index contributed by atoms with van der Waals surface area (Å²) in [5.41, 5.74) is 0.181. The highest BCUT2D eigenvalue weighted by Gasteiger charge is 2.36. The van der Waals surface area contributed by atoms with Gasteiger partial charge in [-0.05, 0) is 50.0 Å². The number of hydrogen-bond donors (Lipinski definition) is 2. The Morgan fingerprint density at radius 1 is 1.40 bits per heavy atom. The summed E-state index contributed by atoms with van der Waals surface area (Å²) in [5.74, 6) is -1.07. The number of benzene rings is 1. The maximum Gasteiger partial charge on any atom is 0.328 e. The Kier molecular flexibility index (Phi) is 3.96. The summed E-state index contributed by atoms with van der Waals surface area (Å²) in [6, 6.07) is 6.22. The number of carboxylic acid groups (broad SMARTS) is 1. The maximum atomic E-state index is 12.3. The molecule has 6 heteroatoms. The molecule has 0 saturated heterocycles. The van der Waals surface area contributed by atoms with Crippen molar-refractivity contribution in [3.05, 3.63) is 35.9 Å². The molecule has 0 spiro atoms. The largest absolute Gasteiger partial charge is 0.478 e. The molecule has 0 amide bonds. The lowest BCUT2D eigenvalue weighted by Crippen LogP contribution is -2.50. The van der Waals surface area contributed by atoms with Crippen LogP contribution in [0.3, 0.4) is 0 Å². The maximum absolute atomic E-state index is 12.3. The lowest BCUT2D eigenvalue weighted by molar-refractivity contribution is -0.131. The van der Waals surface area contributed by atoms with E-state index in [0.717, 1.165) is 25.3 Å². The number of carbonyl (C=O) groups is 1. The summed E-state index contributed by atoms with van der Waals surface area (Å²) >= 11 is 0. The van der Waals surface area contributed by atoms with Crippen molar-refractivity contribution in [2.45, 2.75) is 36.6 Å². The van der Waals surface area contributed by atoms with Gasteiger partial charge in [0, 0.05) is 11.6 Å². The second-order valence-corrected chi connectivity index (χ2v) is 6.95. The van der Waals surface area contributed by atoms with Gasteiger partial charge in [-0.15, -0.1) is 0 Å². The first-order chi connectivity index (χ1) is 9.31. The molecule has 1 aromatic rings. The van der Waals surface area contributed by atoms with E-state index in [1.54, 1.807) is 12.1 Å². The average molecular weight is 295 g/mol. The Morgan fingerprint density at radius 2 is 2.10 bits per heavy atom. The van der Waals surface area contributed by atoms with Gasteiger partial charge in [0.1, 0.15) is 0 Å². The minimum Gasteiger partial charge on any atom is -0.478 e. The fourth-order valence-corrected chi connectivity index (χ4v) is 3.67. The molecule has 0 radical (unpaired) electrons. The van der Waals surface area contributed by atoms with Crippen molar-refractivity contribution in [3.63, 3.8) is 0 Å². The van der Waals surface area contributed by atoms with Gasteiger partial charge in [-0.25, -0.2) is 17.9 Å². The second-order valence-electron chi connectivity index (χ2n) is 5.26. The Morgan fingerprint density at radius 3 is 2.65 bits per heavy atom. The third kappa shape index (κ3) is 3.46. The van der Waals surface area contributed by atoms with E-state index in [2.05, 4.69) is 4.72 Å². The smallest absolute Gasteiger partial charge is 0.328 e. The normalized spacial score (nSPS) is 17.9. The van der Waals surface area contributed by atoms with Crippen LogP contribution in [0, 0.1) is 0 Å². The van der Waals surface area contributed by atoms with E-state index in [1.807, 2.05) is 6.92 Å². The van der Waals surface area contributed by atoms with Gasteiger partial charge in [0.15, 0.2) is 0 Å². The van der Waals surface area contributed by atoms with Crippen LogP contribution in [-0.2, 0) is 14.8 Å². The molecule has 0 heterocycles. The quantitative estimate of drug-likeness (QED) is 0.814. The second kappa shape index (κ2) is 5.38. The van der Waals surface area contributed by atoms with Crippen LogP contribution in [-0.4, -0.2) is 25.0 Å². The van der Waals surface area contributed by atoms with E-state index >= 15 is 0 Å². The highest BCUT2D eigenvalue weighted by atomic mass is 32.2. The summed E-state index contributed by atoms with van der Waals surface area (Å²) in [4.78, 5) is 10.6. The SMILES string of the molecule is CC1(NS(=O)(=O)c2cccc(/C=C/C(=O)O)c2)CCC1. The Balaban J connectivity index is 2.23. The summed E-state index contributed by atoms with van der Waals surface area (Å²) in [7, 11) is -3.57. The molecule has 0 bridgehead atoms. The van der Waals surface area contributed by atoms with E-state index in [0.29, 0.717) is 5.56 Å². The third-order valence-electron chi connectivity index (χ3n) is 3.42. The van der Waals surface area contributed by atoms with Gasteiger partial charge in [0.25, 0.3) is 0 Å². The number of sulfonamides is 1. The molecule has 20 heavy (non-hydrogen) atoms. The first-order valence-electron chi connectivity index (χ1n) is 6.36. The van der Waals surface area contributed by atoms with Crippen molar-refractivity contribution in [2.24, 2.45) is 0 Å². The van der Waals surface area contributed by atoms with E-state index in [-0.39, 0.29) is 10.4 Å². The van der Waals surface area contributed by atoms with Crippen LogP contribution in [0.2, 0.25) is 0 Å². The Hall–Kier alpha value is -1.66. The van der Waals surface area contributed by atoms with Gasteiger partial charge in [-0.3, -0.25) is 0 Å². The van der Waals surface area contributed by atoms with E-state index < -0.39 is 16.0 Å². The van der Waals surface area contributed by atoms with E-state index in [4.69, 9.17) is 5.11 Å². The van der Waals surface area contributed by atoms with Crippen LogP contribution >= 0.6 is 0 Å². The number of carboxylic acids is 1. The van der Waals surface area contributed by atoms with Crippen LogP contribution in [0.25, 0.3) is 6.08 Å². The Bertz CT molecular complexity index is 645. The van der Waals surface area contributed by atoms with Crippen molar-refractivity contribution in [2.75, 3.05) is 0 Å². The van der Waals surface area contributed by atoms with Crippen LogP contribution < -0.4 is 4.72 Å².